The Kier molecular flexibility index (Phi) is 4.97. The predicted octanol–water partition coefficient (Wildman–Crippen LogP) is 0.739. The molecule has 1 N–H and O–H groups in total. The van der Waals surface area contributed by atoms with E-state index in [1.807, 2.05) is 0 Å². The maximum absolute atomic E-state index is 12.3. The molecule has 0 saturated heterocycles. The summed E-state index contributed by atoms with van der Waals surface area (Å²) in [5.41, 5.74) is 0.277. The van der Waals surface area contributed by atoms with E-state index in [2.05, 4.69) is 9.84 Å². The van der Waals surface area contributed by atoms with Crippen molar-refractivity contribution in [2.24, 2.45) is 0 Å². The van der Waals surface area contributed by atoms with Crippen LogP contribution in [0.25, 0.3) is 0 Å². The number of aromatic nitrogens is 2. The molecule has 2 rings (SSSR count). The molecule has 9 heteroatoms. The van der Waals surface area contributed by atoms with E-state index in [9.17, 15) is 14.4 Å². The molecular weight excluding hydrogens is 294 g/mol. The van der Waals surface area contributed by atoms with Crippen LogP contribution in [0.1, 0.15) is 30.3 Å². The molecule has 0 bridgehead atoms. The van der Waals surface area contributed by atoms with E-state index < -0.39 is 6.16 Å². The lowest BCUT2D eigenvalue weighted by atomic mass is 10.2. The highest BCUT2D eigenvalue weighted by Gasteiger charge is 2.27. The minimum absolute atomic E-state index is 0.121. The van der Waals surface area contributed by atoms with Gasteiger partial charge in [-0.25, -0.2) is 4.79 Å². The summed E-state index contributed by atoms with van der Waals surface area (Å²) in [5.74, 6) is -0.666. The Morgan fingerprint density at radius 3 is 2.86 bits per heavy atom. The first-order valence-corrected chi connectivity index (χ1v) is 6.94. The standard InChI is InChI=1S/C13H17N3O6/c1-2-21-11(17)4-3-5-15-6-7-16-9(12(15)18)8-10(14-16)22-13(19)20/h8H,2-7H2,1H3,(H,19,20). The van der Waals surface area contributed by atoms with Gasteiger partial charge in [0.25, 0.3) is 5.91 Å². The number of carbonyl (C=O) groups is 3. The second-order valence-electron chi connectivity index (χ2n) is 4.66. The van der Waals surface area contributed by atoms with Crippen LogP contribution >= 0.6 is 0 Å². The number of carboxylic acid groups (broad SMARTS) is 1. The van der Waals surface area contributed by atoms with Gasteiger partial charge in [-0.1, -0.05) is 0 Å². The Bertz CT molecular complexity index is 582. The number of hydrogen-bond acceptors (Lipinski definition) is 6. The molecule has 2 heterocycles. The molecule has 1 aliphatic heterocycles. The lowest BCUT2D eigenvalue weighted by molar-refractivity contribution is -0.143. The molecule has 1 amide bonds. The van der Waals surface area contributed by atoms with E-state index in [-0.39, 0.29) is 29.9 Å². The Morgan fingerprint density at radius 2 is 2.18 bits per heavy atom. The van der Waals surface area contributed by atoms with Crippen molar-refractivity contribution in [1.82, 2.24) is 14.7 Å². The molecule has 9 nitrogen and oxygen atoms in total. The first-order valence-electron chi connectivity index (χ1n) is 6.94. The molecule has 0 aliphatic carbocycles. The van der Waals surface area contributed by atoms with E-state index in [1.165, 1.54) is 10.7 Å². The second-order valence-corrected chi connectivity index (χ2v) is 4.66. The number of fused-ring (bicyclic) bond motifs is 1. The Hall–Kier alpha value is -2.58. The van der Waals surface area contributed by atoms with Crippen LogP contribution in [0.4, 0.5) is 4.79 Å². The number of amides is 1. The molecule has 1 aliphatic rings. The summed E-state index contributed by atoms with van der Waals surface area (Å²) < 4.78 is 10.7. The van der Waals surface area contributed by atoms with Crippen molar-refractivity contribution in [3.8, 4) is 5.88 Å². The maximum atomic E-state index is 12.3. The lowest BCUT2D eigenvalue weighted by Crippen LogP contribution is -2.41. The molecule has 0 spiro atoms. The summed E-state index contributed by atoms with van der Waals surface area (Å²) in [6, 6.07) is 1.30. The molecule has 0 unspecified atom stereocenters. The number of ether oxygens (including phenoxy) is 2. The number of esters is 1. The van der Waals surface area contributed by atoms with Crippen molar-refractivity contribution >= 4 is 18.0 Å². The minimum Gasteiger partial charge on any atom is -0.466 e. The van der Waals surface area contributed by atoms with Gasteiger partial charge < -0.3 is 19.5 Å². The molecule has 0 atom stereocenters. The number of carbonyl (C=O) groups excluding carboxylic acids is 2. The van der Waals surface area contributed by atoms with Gasteiger partial charge in [-0.2, -0.15) is 0 Å². The van der Waals surface area contributed by atoms with Gasteiger partial charge in [0, 0.05) is 25.6 Å². The lowest BCUT2D eigenvalue weighted by Gasteiger charge is -2.27. The summed E-state index contributed by atoms with van der Waals surface area (Å²) >= 11 is 0. The van der Waals surface area contributed by atoms with Crippen molar-refractivity contribution in [2.75, 3.05) is 19.7 Å². The molecule has 1 aromatic heterocycles. The van der Waals surface area contributed by atoms with Crippen LogP contribution in [-0.4, -0.2) is 57.5 Å². The number of rotatable bonds is 6. The summed E-state index contributed by atoms with van der Waals surface area (Å²) in [6.07, 6.45) is -0.712. The summed E-state index contributed by atoms with van der Waals surface area (Å²) in [5, 5.41) is 12.4. The molecule has 0 aromatic carbocycles. The SMILES string of the molecule is CCOC(=O)CCCN1CCn2nc(OC(=O)O)cc2C1=O. The van der Waals surface area contributed by atoms with E-state index in [4.69, 9.17) is 9.84 Å². The van der Waals surface area contributed by atoms with Crippen LogP contribution in [0.15, 0.2) is 6.07 Å². The van der Waals surface area contributed by atoms with Gasteiger partial charge in [-0.3, -0.25) is 14.3 Å². The van der Waals surface area contributed by atoms with Gasteiger partial charge in [-0.15, -0.1) is 5.10 Å². The fraction of sp³-hybridized carbons (Fsp3) is 0.538. The fourth-order valence-corrected chi connectivity index (χ4v) is 2.21. The highest BCUT2D eigenvalue weighted by molar-refractivity contribution is 5.93. The molecule has 1 aromatic rings. The molecular formula is C13H17N3O6. The highest BCUT2D eigenvalue weighted by atomic mass is 16.7. The Labute approximate surface area is 126 Å². The molecule has 120 valence electrons. The summed E-state index contributed by atoms with van der Waals surface area (Å²) in [7, 11) is 0. The van der Waals surface area contributed by atoms with Gasteiger partial charge in [0.15, 0.2) is 0 Å². The zero-order valence-corrected chi connectivity index (χ0v) is 12.2. The topological polar surface area (TPSA) is 111 Å². The van der Waals surface area contributed by atoms with E-state index in [0.717, 1.165) is 0 Å². The smallest absolute Gasteiger partial charge is 0.466 e. The average molecular weight is 311 g/mol. The molecule has 0 radical (unpaired) electrons. The zero-order chi connectivity index (χ0) is 16.1. The predicted molar refractivity (Wildman–Crippen MR) is 72.7 cm³/mol. The van der Waals surface area contributed by atoms with Crippen LogP contribution in [0, 0.1) is 0 Å². The Balaban J connectivity index is 1.92. The highest BCUT2D eigenvalue weighted by Crippen LogP contribution is 2.18. The third-order valence-electron chi connectivity index (χ3n) is 3.15. The summed E-state index contributed by atoms with van der Waals surface area (Å²) in [6.45, 7) is 3.40. The fourth-order valence-electron chi connectivity index (χ4n) is 2.21. The monoisotopic (exact) mass is 311 g/mol. The third-order valence-corrected chi connectivity index (χ3v) is 3.15. The zero-order valence-electron chi connectivity index (χ0n) is 12.2. The van der Waals surface area contributed by atoms with Gasteiger partial charge in [0.2, 0.25) is 5.88 Å². The van der Waals surface area contributed by atoms with Crippen LogP contribution in [0.3, 0.4) is 0 Å². The molecule has 22 heavy (non-hydrogen) atoms. The third kappa shape index (κ3) is 3.74. The van der Waals surface area contributed by atoms with Crippen LogP contribution in [0.5, 0.6) is 5.88 Å². The molecule has 0 saturated carbocycles. The first kappa shape index (κ1) is 15.8. The Morgan fingerprint density at radius 1 is 1.41 bits per heavy atom. The van der Waals surface area contributed by atoms with Crippen LogP contribution < -0.4 is 4.74 Å². The quantitative estimate of drug-likeness (QED) is 0.771. The van der Waals surface area contributed by atoms with E-state index in [1.54, 1.807) is 11.8 Å². The maximum Gasteiger partial charge on any atom is 0.512 e. The largest absolute Gasteiger partial charge is 0.512 e. The first-order chi connectivity index (χ1) is 10.5. The molecule has 0 fully saturated rings. The van der Waals surface area contributed by atoms with Gasteiger partial charge in [0.1, 0.15) is 5.69 Å². The van der Waals surface area contributed by atoms with Crippen molar-refractivity contribution in [3.63, 3.8) is 0 Å². The normalized spacial score (nSPS) is 13.7. The van der Waals surface area contributed by atoms with Gasteiger partial charge in [0.05, 0.1) is 13.2 Å². The van der Waals surface area contributed by atoms with Crippen molar-refractivity contribution in [1.29, 1.82) is 0 Å². The second kappa shape index (κ2) is 6.92. The number of nitrogens with zero attached hydrogens (tertiary/aromatic N) is 3. The van der Waals surface area contributed by atoms with E-state index in [0.29, 0.717) is 32.7 Å². The van der Waals surface area contributed by atoms with Crippen molar-refractivity contribution < 1.29 is 29.0 Å². The number of hydrogen-bond donors (Lipinski definition) is 1. The van der Waals surface area contributed by atoms with Gasteiger partial charge in [-0.05, 0) is 13.3 Å². The summed E-state index contributed by atoms with van der Waals surface area (Å²) in [4.78, 5) is 35.6. The van der Waals surface area contributed by atoms with E-state index >= 15 is 0 Å². The minimum atomic E-state index is -1.48. The van der Waals surface area contributed by atoms with Crippen LogP contribution in [-0.2, 0) is 16.1 Å². The van der Waals surface area contributed by atoms with Crippen molar-refractivity contribution in [2.45, 2.75) is 26.3 Å². The van der Waals surface area contributed by atoms with Crippen molar-refractivity contribution in [3.05, 3.63) is 11.8 Å². The van der Waals surface area contributed by atoms with Gasteiger partial charge >= 0.3 is 12.1 Å². The van der Waals surface area contributed by atoms with Crippen LogP contribution in [0.2, 0.25) is 0 Å². The average Bonchev–Trinajstić information content (AvgIpc) is 2.84.